The van der Waals surface area contributed by atoms with Crippen LogP contribution < -0.4 is 0 Å². The third-order valence-corrected chi connectivity index (χ3v) is 15.7. The molecule has 3 atom stereocenters. The highest BCUT2D eigenvalue weighted by atomic mass is 79.9. The van der Waals surface area contributed by atoms with Gasteiger partial charge in [-0.05, 0) is 36.3 Å². The molecule has 0 N–H and O–H groups in total. The van der Waals surface area contributed by atoms with Crippen LogP contribution in [0.25, 0.3) is 0 Å². The highest BCUT2D eigenvalue weighted by molar-refractivity contribution is 9.10. The third kappa shape index (κ3) is 4.93. The number of alkyl halides is 1. The molecule has 24 heavy (non-hydrogen) atoms. The average Bonchev–Trinajstić information content (AvgIpc) is 2.61. The number of ether oxygens (including phenoxy) is 1. The monoisotopic (exact) mass is 438 g/mol. The van der Waals surface area contributed by atoms with E-state index in [1.165, 1.54) is 0 Å². The minimum absolute atomic E-state index is 0.0796. The van der Waals surface area contributed by atoms with Crippen LogP contribution in [0, 0.1) is 0 Å². The Morgan fingerprint density at radius 1 is 1.00 bits per heavy atom. The molecule has 0 amide bonds. The summed E-state index contributed by atoms with van der Waals surface area (Å²) in [6, 6.07) is 0. The largest absolute Gasteiger partial charge is 0.456 e. The van der Waals surface area contributed by atoms with Crippen LogP contribution in [0.1, 0.15) is 41.5 Å². The SMILES string of the molecule is CC(C)(C)[Si](C)(C)OC[C@H]1OC(=O)[C@H](Br)[C@@H]1O[Si](C)(C)C(C)(C)C. The third-order valence-electron chi connectivity index (χ3n) is 5.80. The minimum Gasteiger partial charge on any atom is -0.456 e. The number of rotatable bonds is 5. The Morgan fingerprint density at radius 3 is 1.88 bits per heavy atom. The van der Waals surface area contributed by atoms with E-state index in [9.17, 15) is 4.79 Å². The predicted molar refractivity (Wildman–Crippen MR) is 108 cm³/mol. The smallest absolute Gasteiger partial charge is 0.322 e. The normalized spacial score (nSPS) is 26.6. The molecule has 0 unspecified atom stereocenters. The maximum Gasteiger partial charge on any atom is 0.322 e. The lowest BCUT2D eigenvalue weighted by Gasteiger charge is -2.40. The van der Waals surface area contributed by atoms with Crippen molar-refractivity contribution in [3.63, 3.8) is 0 Å². The van der Waals surface area contributed by atoms with Gasteiger partial charge < -0.3 is 13.6 Å². The van der Waals surface area contributed by atoms with Gasteiger partial charge in [-0.3, -0.25) is 4.79 Å². The molecule has 0 aromatic carbocycles. The van der Waals surface area contributed by atoms with Crippen LogP contribution >= 0.6 is 15.9 Å². The van der Waals surface area contributed by atoms with Gasteiger partial charge in [0.15, 0.2) is 22.7 Å². The van der Waals surface area contributed by atoms with Gasteiger partial charge in [-0.25, -0.2) is 0 Å². The molecule has 0 saturated carbocycles. The van der Waals surface area contributed by atoms with E-state index in [-0.39, 0.29) is 28.3 Å². The van der Waals surface area contributed by atoms with E-state index in [1.807, 2.05) is 0 Å². The summed E-state index contributed by atoms with van der Waals surface area (Å²) in [6.45, 7) is 22.4. The number of esters is 1. The van der Waals surface area contributed by atoms with Crippen molar-refractivity contribution in [3.05, 3.63) is 0 Å². The number of hydrogen-bond donors (Lipinski definition) is 0. The van der Waals surface area contributed by atoms with Gasteiger partial charge in [0.1, 0.15) is 10.9 Å². The van der Waals surface area contributed by atoms with Crippen molar-refractivity contribution in [3.8, 4) is 0 Å². The number of halogens is 1. The molecule has 1 rings (SSSR count). The molecule has 0 aromatic rings. The zero-order valence-electron chi connectivity index (χ0n) is 17.0. The van der Waals surface area contributed by atoms with Crippen molar-refractivity contribution in [2.75, 3.05) is 6.61 Å². The fourth-order valence-corrected chi connectivity index (χ4v) is 4.98. The second-order valence-electron chi connectivity index (χ2n) is 9.79. The Hall–Kier alpha value is 0.304. The van der Waals surface area contributed by atoms with Crippen molar-refractivity contribution in [2.24, 2.45) is 0 Å². The average molecular weight is 440 g/mol. The lowest BCUT2D eigenvalue weighted by molar-refractivity contribution is -0.142. The number of cyclic esters (lactones) is 1. The minimum atomic E-state index is -2.00. The van der Waals surface area contributed by atoms with E-state index in [4.69, 9.17) is 13.6 Å². The van der Waals surface area contributed by atoms with Crippen molar-refractivity contribution in [1.29, 1.82) is 0 Å². The maximum atomic E-state index is 12.1. The Bertz CT molecular complexity index is 466. The second kappa shape index (κ2) is 7.14. The molecule has 1 aliphatic rings. The van der Waals surface area contributed by atoms with Crippen LogP contribution in [0.2, 0.25) is 36.3 Å². The zero-order chi connectivity index (χ0) is 19.1. The molecule has 1 aliphatic heterocycles. The zero-order valence-corrected chi connectivity index (χ0v) is 20.5. The summed E-state index contributed by atoms with van der Waals surface area (Å²) >= 11 is 3.47. The highest BCUT2D eigenvalue weighted by Crippen LogP contribution is 2.41. The highest BCUT2D eigenvalue weighted by Gasteiger charge is 2.50. The number of hydrogen-bond acceptors (Lipinski definition) is 4. The fraction of sp³-hybridized carbons (Fsp3) is 0.941. The van der Waals surface area contributed by atoms with Crippen LogP contribution in [0.4, 0.5) is 0 Å². The van der Waals surface area contributed by atoms with Crippen LogP contribution in [-0.2, 0) is 18.4 Å². The molecule has 0 radical (unpaired) electrons. The van der Waals surface area contributed by atoms with Crippen molar-refractivity contribution >= 4 is 38.5 Å². The van der Waals surface area contributed by atoms with Crippen LogP contribution in [-0.4, -0.2) is 46.2 Å². The lowest BCUT2D eigenvalue weighted by Crippen LogP contribution is -2.50. The van der Waals surface area contributed by atoms with Crippen molar-refractivity contribution in [2.45, 2.75) is 94.8 Å². The maximum absolute atomic E-state index is 12.1. The molecule has 1 fully saturated rings. The van der Waals surface area contributed by atoms with Crippen LogP contribution in [0.15, 0.2) is 0 Å². The van der Waals surface area contributed by atoms with Gasteiger partial charge in [0.25, 0.3) is 0 Å². The molecular weight excluding hydrogens is 404 g/mol. The predicted octanol–water partition coefficient (Wildman–Crippen LogP) is 5.09. The van der Waals surface area contributed by atoms with Crippen molar-refractivity contribution < 1.29 is 18.4 Å². The Kier molecular flexibility index (Phi) is 6.64. The molecule has 0 aromatic heterocycles. The molecule has 0 spiro atoms. The molecule has 1 saturated heterocycles. The van der Waals surface area contributed by atoms with Gasteiger partial charge in [0.05, 0.1) is 6.61 Å². The summed E-state index contributed by atoms with van der Waals surface area (Å²) < 4.78 is 18.3. The van der Waals surface area contributed by atoms with Crippen LogP contribution in [0.5, 0.6) is 0 Å². The first-order valence-electron chi connectivity index (χ1n) is 8.66. The Balaban J connectivity index is 2.88. The Morgan fingerprint density at radius 2 is 1.46 bits per heavy atom. The topological polar surface area (TPSA) is 44.8 Å². The quantitative estimate of drug-likeness (QED) is 0.340. The molecule has 142 valence electrons. The summed E-state index contributed by atoms with van der Waals surface area (Å²) in [5, 5.41) is 0.204. The second-order valence-corrected chi connectivity index (χ2v) is 20.3. The van der Waals surface area contributed by atoms with Gasteiger partial charge >= 0.3 is 5.97 Å². The summed E-state index contributed by atoms with van der Waals surface area (Å²) in [5.41, 5.74) is 0. The van der Waals surface area contributed by atoms with Gasteiger partial charge in [0.2, 0.25) is 0 Å². The van der Waals surface area contributed by atoms with Gasteiger partial charge in [-0.2, -0.15) is 0 Å². The van der Waals surface area contributed by atoms with Gasteiger partial charge in [0, 0.05) is 0 Å². The number of carbonyl (C=O) groups is 1. The fourth-order valence-electron chi connectivity index (χ4n) is 1.89. The standard InChI is InChI=1S/C17H35BrO4Si2/c1-16(2,3)23(7,8)20-11-12-14(13(18)15(19)21-12)22-24(9,10)17(4,5)6/h12-14H,11H2,1-10H3/t12-,13-,14-/m1/s1. The molecular formula is C17H35BrO4Si2. The number of carbonyl (C=O) groups excluding carboxylic acids is 1. The van der Waals surface area contributed by atoms with Gasteiger partial charge in [-0.15, -0.1) is 0 Å². The molecule has 4 nitrogen and oxygen atoms in total. The van der Waals surface area contributed by atoms with E-state index in [0.717, 1.165) is 0 Å². The molecule has 1 heterocycles. The van der Waals surface area contributed by atoms with E-state index in [1.54, 1.807) is 0 Å². The summed E-state index contributed by atoms with van der Waals surface area (Å²) in [6.07, 6.45) is -0.631. The van der Waals surface area contributed by atoms with Gasteiger partial charge in [-0.1, -0.05) is 57.5 Å². The first-order chi connectivity index (χ1) is 10.5. The van der Waals surface area contributed by atoms with E-state index < -0.39 is 21.5 Å². The summed E-state index contributed by atoms with van der Waals surface area (Å²) in [7, 11) is -3.89. The summed E-state index contributed by atoms with van der Waals surface area (Å²) in [4.78, 5) is 11.7. The molecule has 0 bridgehead atoms. The Labute approximate surface area is 158 Å². The molecule has 0 aliphatic carbocycles. The van der Waals surface area contributed by atoms with E-state index in [0.29, 0.717) is 6.61 Å². The van der Waals surface area contributed by atoms with E-state index in [2.05, 4.69) is 83.7 Å². The lowest BCUT2D eigenvalue weighted by atomic mass is 10.2. The van der Waals surface area contributed by atoms with E-state index >= 15 is 0 Å². The van der Waals surface area contributed by atoms with Crippen LogP contribution in [0.3, 0.4) is 0 Å². The summed E-state index contributed by atoms with van der Waals surface area (Å²) in [5.74, 6) is -0.248. The van der Waals surface area contributed by atoms with Crippen molar-refractivity contribution in [1.82, 2.24) is 0 Å². The first-order valence-corrected chi connectivity index (χ1v) is 15.4. The first kappa shape index (κ1) is 22.3. The molecule has 7 heteroatoms.